The third-order valence-electron chi connectivity index (χ3n) is 3.28. The van der Waals surface area contributed by atoms with Crippen molar-refractivity contribution in [2.75, 3.05) is 17.0 Å². The molecule has 6 nitrogen and oxygen atoms in total. The van der Waals surface area contributed by atoms with Crippen molar-refractivity contribution in [1.82, 2.24) is 10.3 Å². The molecule has 1 amide bonds. The molecular weight excluding hydrogens is 333 g/mol. The van der Waals surface area contributed by atoms with E-state index < -0.39 is 10.0 Å². The van der Waals surface area contributed by atoms with Crippen molar-refractivity contribution in [1.29, 1.82) is 0 Å². The number of anilines is 1. The minimum atomic E-state index is -3.39. The summed E-state index contributed by atoms with van der Waals surface area (Å²) in [7, 11) is -3.39. The summed E-state index contributed by atoms with van der Waals surface area (Å²) in [5, 5.41) is 2.73. The highest BCUT2D eigenvalue weighted by Gasteiger charge is 2.09. The van der Waals surface area contributed by atoms with Crippen molar-refractivity contribution in [3.05, 3.63) is 59.5 Å². The van der Waals surface area contributed by atoms with Crippen molar-refractivity contribution in [2.24, 2.45) is 0 Å². The second-order valence-corrected chi connectivity index (χ2v) is 7.08. The fourth-order valence-electron chi connectivity index (χ4n) is 1.89. The molecule has 2 aromatic rings. The number of pyridine rings is 1. The second kappa shape index (κ2) is 7.87. The summed E-state index contributed by atoms with van der Waals surface area (Å²) >= 11 is 0. The lowest BCUT2D eigenvalue weighted by Gasteiger charge is -2.07. The third-order valence-corrected chi connectivity index (χ3v) is 4.56. The van der Waals surface area contributed by atoms with Crippen molar-refractivity contribution < 1.29 is 17.6 Å². The summed E-state index contributed by atoms with van der Waals surface area (Å²) < 4.78 is 38.0. The molecule has 0 saturated carbocycles. The van der Waals surface area contributed by atoms with E-state index >= 15 is 0 Å². The quantitative estimate of drug-likeness (QED) is 0.798. The molecule has 0 bridgehead atoms. The minimum absolute atomic E-state index is 0.0553. The zero-order chi connectivity index (χ0) is 17.6. The molecule has 1 aromatic carbocycles. The van der Waals surface area contributed by atoms with E-state index in [9.17, 15) is 17.6 Å². The molecule has 128 valence electrons. The molecule has 1 heterocycles. The average Bonchev–Trinajstić information content (AvgIpc) is 2.57. The van der Waals surface area contributed by atoms with E-state index in [2.05, 4.69) is 15.0 Å². The van der Waals surface area contributed by atoms with Crippen LogP contribution in [0.25, 0.3) is 0 Å². The summed E-state index contributed by atoms with van der Waals surface area (Å²) in [6, 6.07) is 9.00. The van der Waals surface area contributed by atoms with E-state index in [1.807, 2.05) is 0 Å². The highest BCUT2D eigenvalue weighted by Crippen LogP contribution is 2.08. The number of hydrogen-bond acceptors (Lipinski definition) is 4. The van der Waals surface area contributed by atoms with Crippen LogP contribution in [-0.4, -0.2) is 31.6 Å². The molecule has 0 fully saturated rings. The number of halogens is 1. The Kier molecular flexibility index (Phi) is 5.86. The molecule has 0 aliphatic carbocycles. The second-order valence-electron chi connectivity index (χ2n) is 5.07. The Balaban J connectivity index is 1.87. The number of amides is 1. The number of nitrogens with zero attached hydrogens (tertiary/aromatic N) is 1. The average molecular weight is 351 g/mol. The van der Waals surface area contributed by atoms with Gasteiger partial charge in [-0.25, -0.2) is 17.8 Å². The molecule has 0 unspecified atom stereocenters. The van der Waals surface area contributed by atoms with Gasteiger partial charge in [0, 0.05) is 12.7 Å². The molecule has 2 N–H and O–H groups in total. The minimum Gasteiger partial charge on any atom is -0.352 e. The molecular formula is C16H18FN3O3S. The predicted octanol–water partition coefficient (Wildman–Crippen LogP) is 1.95. The van der Waals surface area contributed by atoms with Gasteiger partial charge in [0.1, 0.15) is 11.6 Å². The van der Waals surface area contributed by atoms with Crippen LogP contribution >= 0.6 is 0 Å². The summed E-state index contributed by atoms with van der Waals surface area (Å²) in [6.45, 7) is 1.92. The van der Waals surface area contributed by atoms with E-state index in [1.54, 1.807) is 12.1 Å². The predicted molar refractivity (Wildman–Crippen MR) is 89.8 cm³/mol. The van der Waals surface area contributed by atoms with Gasteiger partial charge < -0.3 is 5.32 Å². The lowest BCUT2D eigenvalue weighted by Crippen LogP contribution is -2.26. The van der Waals surface area contributed by atoms with Crippen LogP contribution in [0, 0.1) is 5.82 Å². The lowest BCUT2D eigenvalue weighted by atomic mass is 10.1. The summed E-state index contributed by atoms with van der Waals surface area (Å²) in [4.78, 5) is 15.9. The summed E-state index contributed by atoms with van der Waals surface area (Å²) in [6.07, 6.45) is 1.88. The highest BCUT2D eigenvalue weighted by molar-refractivity contribution is 7.92. The van der Waals surface area contributed by atoms with Crippen molar-refractivity contribution in [3.8, 4) is 0 Å². The number of benzene rings is 1. The number of rotatable bonds is 7. The Bertz CT molecular complexity index is 790. The van der Waals surface area contributed by atoms with Gasteiger partial charge in [0.15, 0.2) is 0 Å². The Morgan fingerprint density at radius 2 is 1.88 bits per heavy atom. The van der Waals surface area contributed by atoms with Gasteiger partial charge in [0.2, 0.25) is 10.0 Å². The number of sulfonamides is 1. The fraction of sp³-hybridized carbons (Fsp3) is 0.250. The van der Waals surface area contributed by atoms with Crippen LogP contribution in [0.3, 0.4) is 0 Å². The van der Waals surface area contributed by atoms with Gasteiger partial charge in [0.25, 0.3) is 5.91 Å². The molecule has 0 spiro atoms. The van der Waals surface area contributed by atoms with E-state index in [0.29, 0.717) is 18.5 Å². The first-order valence-electron chi connectivity index (χ1n) is 7.39. The smallest absolute Gasteiger partial charge is 0.252 e. The first-order valence-corrected chi connectivity index (χ1v) is 9.04. The topological polar surface area (TPSA) is 88.2 Å². The van der Waals surface area contributed by atoms with Crippen LogP contribution in [0.4, 0.5) is 10.2 Å². The third kappa shape index (κ3) is 5.31. The number of hydrogen-bond donors (Lipinski definition) is 2. The molecule has 24 heavy (non-hydrogen) atoms. The standard InChI is InChI=1S/C16H18FN3O3S/c1-2-24(22,23)20-15-8-5-13(11-19-15)16(21)18-10-9-12-3-6-14(17)7-4-12/h3-8,11H,2,9-10H2,1H3,(H,18,21)(H,19,20). The Labute approximate surface area is 140 Å². The van der Waals surface area contributed by atoms with Crippen molar-refractivity contribution in [3.63, 3.8) is 0 Å². The molecule has 0 aliphatic heterocycles. The fourth-order valence-corrected chi connectivity index (χ4v) is 2.48. The van der Waals surface area contributed by atoms with Crippen LogP contribution < -0.4 is 10.0 Å². The largest absolute Gasteiger partial charge is 0.352 e. The van der Waals surface area contributed by atoms with Gasteiger partial charge in [-0.15, -0.1) is 0 Å². The Hall–Kier alpha value is -2.48. The monoisotopic (exact) mass is 351 g/mol. The van der Waals surface area contributed by atoms with Crippen molar-refractivity contribution in [2.45, 2.75) is 13.3 Å². The zero-order valence-electron chi connectivity index (χ0n) is 13.1. The molecule has 0 aliphatic rings. The maximum absolute atomic E-state index is 12.8. The Morgan fingerprint density at radius 1 is 1.17 bits per heavy atom. The molecule has 1 aromatic heterocycles. The van der Waals surface area contributed by atoms with Gasteiger partial charge in [0.05, 0.1) is 11.3 Å². The molecule has 0 atom stereocenters. The van der Waals surface area contributed by atoms with Crippen LogP contribution in [0.1, 0.15) is 22.8 Å². The molecule has 2 rings (SSSR count). The van der Waals surface area contributed by atoms with Gasteiger partial charge in [-0.1, -0.05) is 12.1 Å². The number of carbonyl (C=O) groups is 1. The van der Waals surface area contributed by atoms with Gasteiger partial charge >= 0.3 is 0 Å². The van der Waals surface area contributed by atoms with Crippen LogP contribution in [0.15, 0.2) is 42.6 Å². The summed E-state index contributed by atoms with van der Waals surface area (Å²) in [5.41, 5.74) is 1.24. The van der Waals surface area contributed by atoms with E-state index in [-0.39, 0.29) is 23.3 Å². The molecule has 0 saturated heterocycles. The molecule has 8 heteroatoms. The first-order chi connectivity index (χ1) is 11.4. The van der Waals surface area contributed by atoms with Crippen LogP contribution in [0.5, 0.6) is 0 Å². The SMILES string of the molecule is CCS(=O)(=O)Nc1ccc(C(=O)NCCc2ccc(F)cc2)cn1. The Morgan fingerprint density at radius 3 is 2.46 bits per heavy atom. The number of nitrogens with one attached hydrogen (secondary N) is 2. The van der Waals surface area contributed by atoms with Gasteiger partial charge in [-0.3, -0.25) is 9.52 Å². The number of aromatic nitrogens is 1. The summed E-state index contributed by atoms with van der Waals surface area (Å²) in [5.74, 6) is -0.498. The van der Waals surface area contributed by atoms with Gasteiger partial charge in [-0.05, 0) is 43.2 Å². The van der Waals surface area contributed by atoms with E-state index in [0.717, 1.165) is 5.56 Å². The first kappa shape index (κ1) is 17.9. The maximum atomic E-state index is 12.8. The molecule has 0 radical (unpaired) electrons. The lowest BCUT2D eigenvalue weighted by molar-refractivity contribution is 0.0954. The number of carbonyl (C=O) groups excluding carboxylic acids is 1. The van der Waals surface area contributed by atoms with Crippen LogP contribution in [0.2, 0.25) is 0 Å². The van der Waals surface area contributed by atoms with E-state index in [4.69, 9.17) is 0 Å². The van der Waals surface area contributed by atoms with Crippen molar-refractivity contribution >= 4 is 21.7 Å². The van der Waals surface area contributed by atoms with Crippen LogP contribution in [-0.2, 0) is 16.4 Å². The normalized spacial score (nSPS) is 11.1. The highest BCUT2D eigenvalue weighted by atomic mass is 32.2. The van der Waals surface area contributed by atoms with Gasteiger partial charge in [-0.2, -0.15) is 0 Å². The van der Waals surface area contributed by atoms with E-state index in [1.165, 1.54) is 37.4 Å². The zero-order valence-corrected chi connectivity index (χ0v) is 13.9. The maximum Gasteiger partial charge on any atom is 0.252 e.